The maximum absolute atomic E-state index is 14.4. The highest BCUT2D eigenvalue weighted by Gasteiger charge is 2.36. The van der Waals surface area contributed by atoms with Crippen LogP contribution >= 0.6 is 0 Å². The van der Waals surface area contributed by atoms with E-state index in [1.165, 1.54) is 21.4 Å². The number of nitrogens with zero attached hydrogens (tertiary/aromatic N) is 6. The third kappa shape index (κ3) is 3.21. The van der Waals surface area contributed by atoms with Crippen molar-refractivity contribution in [2.24, 2.45) is 0 Å². The van der Waals surface area contributed by atoms with Crippen molar-refractivity contribution in [1.82, 2.24) is 24.1 Å². The number of halogens is 1. The highest BCUT2D eigenvalue weighted by atomic mass is 19.1. The van der Waals surface area contributed by atoms with Gasteiger partial charge in [-0.15, -0.1) is 0 Å². The van der Waals surface area contributed by atoms with E-state index in [2.05, 4.69) is 15.1 Å². The minimum absolute atomic E-state index is 0.0795. The number of imidazole rings is 1. The highest BCUT2D eigenvalue weighted by molar-refractivity contribution is 5.87. The number of hydrogen-bond donors (Lipinski definition) is 1. The predicted octanol–water partition coefficient (Wildman–Crippen LogP) is 2.89. The van der Waals surface area contributed by atoms with Gasteiger partial charge in [-0.2, -0.15) is 10.2 Å². The van der Waals surface area contributed by atoms with Crippen LogP contribution in [0.4, 0.5) is 4.39 Å². The number of ether oxygens (including phenoxy) is 1. The summed E-state index contributed by atoms with van der Waals surface area (Å²) in [4.78, 5) is 22.3. The molecule has 2 atom stereocenters. The number of benzene rings is 1. The first-order chi connectivity index (χ1) is 15.8. The van der Waals surface area contributed by atoms with Crippen LogP contribution in [0.1, 0.15) is 57.2 Å². The van der Waals surface area contributed by atoms with Gasteiger partial charge in [-0.1, -0.05) is 5.16 Å². The van der Waals surface area contributed by atoms with Crippen molar-refractivity contribution in [2.45, 2.75) is 51.4 Å². The lowest BCUT2D eigenvalue weighted by Gasteiger charge is -2.18. The Labute approximate surface area is 186 Å². The summed E-state index contributed by atoms with van der Waals surface area (Å²) in [5.74, 6) is -0.344. The summed E-state index contributed by atoms with van der Waals surface area (Å²) in [6.07, 6.45) is 2.62. The number of aliphatic hydroxyl groups is 1. The van der Waals surface area contributed by atoms with Crippen LogP contribution < -0.4 is 5.56 Å². The molecule has 10 nitrogen and oxygen atoms in total. The van der Waals surface area contributed by atoms with Crippen molar-refractivity contribution >= 4 is 16.6 Å². The number of hydrogen-bond acceptors (Lipinski definition) is 8. The van der Waals surface area contributed by atoms with Gasteiger partial charge in [0.1, 0.15) is 41.1 Å². The van der Waals surface area contributed by atoms with Crippen LogP contribution in [-0.2, 0) is 4.74 Å². The van der Waals surface area contributed by atoms with Gasteiger partial charge in [-0.3, -0.25) is 13.8 Å². The minimum atomic E-state index is -0.759. The average Bonchev–Trinajstić information content (AvgIpc) is 3.51. The SMILES string of the molecule is CC(CO)n1c(=O)c2c(-c3noc(C4CCC(C)(C)O4)n3)ncn2c2ccc(F)c(C#N)c21. The van der Waals surface area contributed by atoms with Gasteiger partial charge in [-0.05, 0) is 45.7 Å². The molecule has 11 heteroatoms. The molecule has 0 aliphatic carbocycles. The fourth-order valence-corrected chi connectivity index (χ4v) is 4.33. The lowest BCUT2D eigenvalue weighted by molar-refractivity contribution is -0.0292. The van der Waals surface area contributed by atoms with Crippen LogP contribution in [0.3, 0.4) is 0 Å². The van der Waals surface area contributed by atoms with Crippen molar-refractivity contribution in [1.29, 1.82) is 5.26 Å². The molecular weight excluding hydrogens is 431 g/mol. The summed E-state index contributed by atoms with van der Waals surface area (Å²) in [6.45, 7) is 5.19. The van der Waals surface area contributed by atoms with Crippen molar-refractivity contribution in [3.8, 4) is 17.6 Å². The minimum Gasteiger partial charge on any atom is -0.394 e. The number of aliphatic hydroxyl groups excluding tert-OH is 1. The Kier molecular flexibility index (Phi) is 4.81. The molecule has 0 radical (unpaired) electrons. The molecule has 1 saturated heterocycles. The standard InChI is InChI=1S/C22H21FN6O4/c1-11(9-30)29-17-12(8-24)13(23)4-5-14(17)28-10-25-16(18(28)21(29)31)19-26-20(33-27-19)15-6-7-22(2,3)32-15/h4-5,10-11,15,30H,6-7,9H2,1-3H3. The van der Waals surface area contributed by atoms with E-state index in [1.54, 1.807) is 6.92 Å². The molecule has 5 rings (SSSR count). The van der Waals surface area contributed by atoms with Crippen molar-refractivity contribution in [3.05, 3.63) is 46.1 Å². The zero-order valence-electron chi connectivity index (χ0n) is 18.2. The third-order valence-corrected chi connectivity index (χ3v) is 6.01. The van der Waals surface area contributed by atoms with E-state index >= 15 is 0 Å². The molecule has 4 heterocycles. The van der Waals surface area contributed by atoms with Crippen LogP contribution in [0.2, 0.25) is 0 Å². The van der Waals surface area contributed by atoms with Crippen molar-refractivity contribution < 1.29 is 18.8 Å². The molecule has 0 spiro atoms. The molecule has 4 aromatic rings. The van der Waals surface area contributed by atoms with E-state index in [1.807, 2.05) is 19.9 Å². The maximum Gasteiger partial charge on any atom is 0.278 e. The fraction of sp³-hybridized carbons (Fsp3) is 0.409. The molecule has 0 saturated carbocycles. The van der Waals surface area contributed by atoms with Gasteiger partial charge in [0, 0.05) is 0 Å². The van der Waals surface area contributed by atoms with E-state index < -0.39 is 24.0 Å². The Morgan fingerprint density at radius 2 is 2.18 bits per heavy atom. The van der Waals surface area contributed by atoms with Crippen molar-refractivity contribution in [2.75, 3.05) is 6.61 Å². The van der Waals surface area contributed by atoms with Gasteiger partial charge in [0.15, 0.2) is 0 Å². The number of nitriles is 1. The number of fused-ring (bicyclic) bond motifs is 3. The Hall–Kier alpha value is -3.62. The van der Waals surface area contributed by atoms with Crippen LogP contribution in [-0.4, -0.2) is 41.4 Å². The maximum atomic E-state index is 14.4. The fourth-order valence-electron chi connectivity index (χ4n) is 4.33. The van der Waals surface area contributed by atoms with E-state index in [9.17, 15) is 19.6 Å². The van der Waals surface area contributed by atoms with Crippen molar-refractivity contribution in [3.63, 3.8) is 0 Å². The molecule has 0 amide bonds. The largest absolute Gasteiger partial charge is 0.394 e. The number of rotatable bonds is 4. The zero-order chi connectivity index (χ0) is 23.5. The smallest absolute Gasteiger partial charge is 0.278 e. The molecule has 1 aliphatic rings. The van der Waals surface area contributed by atoms with Gasteiger partial charge >= 0.3 is 0 Å². The van der Waals surface area contributed by atoms with Crippen LogP contribution in [0, 0.1) is 17.1 Å². The van der Waals surface area contributed by atoms with Gasteiger partial charge in [0.05, 0.1) is 29.3 Å². The Morgan fingerprint density at radius 3 is 2.85 bits per heavy atom. The van der Waals surface area contributed by atoms with Gasteiger partial charge in [-0.25, -0.2) is 9.37 Å². The molecular formula is C22H21FN6O4. The first-order valence-electron chi connectivity index (χ1n) is 10.5. The second-order valence-corrected chi connectivity index (χ2v) is 8.78. The average molecular weight is 452 g/mol. The number of aromatic nitrogens is 5. The highest BCUT2D eigenvalue weighted by Crippen LogP contribution is 2.38. The lowest BCUT2D eigenvalue weighted by atomic mass is 10.1. The molecule has 2 unspecified atom stereocenters. The summed E-state index contributed by atoms with van der Waals surface area (Å²) in [5.41, 5.74) is -0.384. The molecule has 0 bridgehead atoms. The zero-order valence-corrected chi connectivity index (χ0v) is 18.2. The summed E-state index contributed by atoms with van der Waals surface area (Å²) >= 11 is 0. The lowest BCUT2D eigenvalue weighted by Crippen LogP contribution is -2.28. The third-order valence-electron chi connectivity index (χ3n) is 6.01. The van der Waals surface area contributed by atoms with Crippen LogP contribution in [0.25, 0.3) is 28.1 Å². The molecule has 1 aliphatic heterocycles. The quantitative estimate of drug-likeness (QED) is 0.500. The van der Waals surface area contributed by atoms with E-state index in [-0.39, 0.29) is 39.8 Å². The molecule has 33 heavy (non-hydrogen) atoms. The molecule has 3 aromatic heterocycles. The Balaban J connectivity index is 1.75. The molecule has 170 valence electrons. The second kappa shape index (κ2) is 7.47. The van der Waals surface area contributed by atoms with Gasteiger partial charge in [0.2, 0.25) is 5.82 Å². The van der Waals surface area contributed by atoms with E-state index in [4.69, 9.17) is 9.26 Å². The molecule has 1 N–H and O–H groups in total. The Bertz CT molecular complexity index is 1490. The summed E-state index contributed by atoms with van der Waals surface area (Å²) < 4.78 is 28.5. The van der Waals surface area contributed by atoms with Crippen LogP contribution in [0.5, 0.6) is 0 Å². The van der Waals surface area contributed by atoms with E-state index in [0.29, 0.717) is 11.4 Å². The summed E-state index contributed by atoms with van der Waals surface area (Å²) in [6, 6.07) is 3.72. The molecule has 1 aromatic carbocycles. The topological polar surface area (TPSA) is 131 Å². The predicted molar refractivity (Wildman–Crippen MR) is 114 cm³/mol. The van der Waals surface area contributed by atoms with Gasteiger partial charge in [0.25, 0.3) is 11.4 Å². The Morgan fingerprint density at radius 1 is 1.39 bits per heavy atom. The van der Waals surface area contributed by atoms with Crippen LogP contribution in [0.15, 0.2) is 27.8 Å². The van der Waals surface area contributed by atoms with Gasteiger partial charge < -0.3 is 14.4 Å². The first-order valence-corrected chi connectivity index (χ1v) is 10.5. The first kappa shape index (κ1) is 21.2. The summed E-state index contributed by atoms with van der Waals surface area (Å²) in [5, 5.41) is 23.3. The second-order valence-electron chi connectivity index (χ2n) is 8.78. The normalized spacial score (nSPS) is 18.7. The molecule has 1 fully saturated rings. The monoisotopic (exact) mass is 452 g/mol. The summed E-state index contributed by atoms with van der Waals surface area (Å²) in [7, 11) is 0. The van der Waals surface area contributed by atoms with E-state index in [0.717, 1.165) is 18.9 Å².